The van der Waals surface area contributed by atoms with Crippen molar-refractivity contribution in [3.63, 3.8) is 0 Å². The Kier molecular flexibility index (Phi) is 6.02. The fraction of sp³-hybridized carbons (Fsp3) is 0.429. The number of carbonyl (C=O) groups is 1. The van der Waals surface area contributed by atoms with E-state index in [1.165, 1.54) is 0 Å². The van der Waals surface area contributed by atoms with Crippen molar-refractivity contribution in [2.45, 2.75) is 32.2 Å². The Hall–Kier alpha value is -1.76. The van der Waals surface area contributed by atoms with Crippen molar-refractivity contribution in [3.05, 3.63) is 28.2 Å². The molecule has 116 valence electrons. The lowest BCUT2D eigenvalue weighted by Crippen LogP contribution is -2.56. The molecule has 1 aromatic rings. The maximum Gasteiger partial charge on any atom is 0.252 e. The Morgan fingerprint density at radius 1 is 1.48 bits per heavy atom. The van der Waals surface area contributed by atoms with Gasteiger partial charge in [0.1, 0.15) is 11.3 Å². The minimum absolute atomic E-state index is 0.00609. The van der Waals surface area contributed by atoms with Crippen molar-refractivity contribution >= 4 is 27.7 Å². The van der Waals surface area contributed by atoms with E-state index in [2.05, 4.69) is 26.4 Å². The van der Waals surface area contributed by atoms with Crippen LogP contribution in [0.15, 0.2) is 27.8 Å². The second kappa shape index (κ2) is 7.31. The molecular weight excluding hydrogens is 338 g/mol. The number of ether oxygens (including phenoxy) is 1. The van der Waals surface area contributed by atoms with Gasteiger partial charge < -0.3 is 21.0 Å². The van der Waals surface area contributed by atoms with E-state index < -0.39 is 5.54 Å². The van der Waals surface area contributed by atoms with Gasteiger partial charge in [0.2, 0.25) is 0 Å². The highest BCUT2D eigenvalue weighted by molar-refractivity contribution is 9.10. The van der Waals surface area contributed by atoms with Gasteiger partial charge in [0.05, 0.1) is 11.6 Å². The van der Waals surface area contributed by atoms with Crippen molar-refractivity contribution in [1.29, 1.82) is 0 Å². The van der Waals surface area contributed by atoms with Crippen LogP contribution in [0.3, 0.4) is 0 Å². The number of nitrogens with two attached hydrogens (primary N) is 1. The summed E-state index contributed by atoms with van der Waals surface area (Å²) in [6, 6.07) is 5.01. The molecule has 0 heterocycles. The van der Waals surface area contributed by atoms with Crippen LogP contribution in [-0.2, 0) is 0 Å². The van der Waals surface area contributed by atoms with Crippen molar-refractivity contribution in [3.8, 4) is 5.75 Å². The van der Waals surface area contributed by atoms with Gasteiger partial charge in [0, 0.05) is 5.56 Å². The van der Waals surface area contributed by atoms with Gasteiger partial charge in [-0.25, -0.2) is 0 Å². The molecule has 0 saturated carbocycles. The predicted molar refractivity (Wildman–Crippen MR) is 84.9 cm³/mol. The van der Waals surface area contributed by atoms with Gasteiger partial charge in [-0.05, 0) is 47.0 Å². The fourth-order valence-corrected chi connectivity index (χ4v) is 2.59. The number of hydrogen-bond acceptors (Lipinski definition) is 4. The lowest BCUT2D eigenvalue weighted by atomic mass is 9.91. The average Bonchev–Trinajstić information content (AvgIpc) is 2.51. The number of amidine groups is 1. The maximum absolute atomic E-state index is 12.4. The lowest BCUT2D eigenvalue weighted by Gasteiger charge is -2.31. The fourth-order valence-electron chi connectivity index (χ4n) is 2.05. The van der Waals surface area contributed by atoms with E-state index in [1.54, 1.807) is 25.3 Å². The van der Waals surface area contributed by atoms with Gasteiger partial charge in [-0.3, -0.25) is 4.79 Å². The molecule has 0 aliphatic heterocycles. The Bertz CT molecular complexity index is 542. The molecular formula is C14H20BrN3O3. The third kappa shape index (κ3) is 3.66. The first-order valence-corrected chi connectivity index (χ1v) is 7.37. The predicted octanol–water partition coefficient (Wildman–Crippen LogP) is 2.49. The SMILES string of the molecule is CCC(CC)(NC(=O)c1ccc(OC)c(Br)c1)/C(N)=N/O. The summed E-state index contributed by atoms with van der Waals surface area (Å²) in [5.74, 6) is 0.335. The van der Waals surface area contributed by atoms with Gasteiger partial charge in [0.15, 0.2) is 5.84 Å². The van der Waals surface area contributed by atoms with Crippen LogP contribution in [-0.4, -0.2) is 29.6 Å². The molecule has 0 radical (unpaired) electrons. The van der Waals surface area contributed by atoms with Crippen LogP contribution in [0.4, 0.5) is 0 Å². The number of nitrogens with zero attached hydrogens (tertiary/aromatic N) is 1. The molecule has 0 aliphatic carbocycles. The van der Waals surface area contributed by atoms with E-state index >= 15 is 0 Å². The number of hydrogen-bond donors (Lipinski definition) is 3. The molecule has 1 rings (SSSR count). The summed E-state index contributed by atoms with van der Waals surface area (Å²) in [6.07, 6.45) is 1.03. The van der Waals surface area contributed by atoms with Crippen LogP contribution >= 0.6 is 15.9 Å². The zero-order chi connectivity index (χ0) is 16.0. The first-order chi connectivity index (χ1) is 9.93. The van der Waals surface area contributed by atoms with Crippen LogP contribution in [0.5, 0.6) is 5.75 Å². The highest BCUT2D eigenvalue weighted by Crippen LogP contribution is 2.26. The van der Waals surface area contributed by atoms with Crippen molar-refractivity contribution in [1.82, 2.24) is 5.32 Å². The van der Waals surface area contributed by atoms with E-state index in [9.17, 15) is 4.79 Å². The third-order valence-corrected chi connectivity index (χ3v) is 4.19. The zero-order valence-electron chi connectivity index (χ0n) is 12.3. The van der Waals surface area contributed by atoms with E-state index in [4.69, 9.17) is 15.7 Å². The van der Waals surface area contributed by atoms with Crippen LogP contribution < -0.4 is 15.8 Å². The summed E-state index contributed by atoms with van der Waals surface area (Å²) in [5, 5.41) is 14.8. The second-order valence-electron chi connectivity index (χ2n) is 4.58. The molecule has 1 aromatic carbocycles. The molecule has 0 fully saturated rings. The molecule has 0 aromatic heterocycles. The van der Waals surface area contributed by atoms with Gasteiger partial charge in [0.25, 0.3) is 5.91 Å². The highest BCUT2D eigenvalue weighted by Gasteiger charge is 2.33. The Morgan fingerprint density at radius 2 is 2.10 bits per heavy atom. The lowest BCUT2D eigenvalue weighted by molar-refractivity contribution is 0.0917. The van der Waals surface area contributed by atoms with Gasteiger partial charge in [-0.2, -0.15) is 0 Å². The summed E-state index contributed by atoms with van der Waals surface area (Å²) in [6.45, 7) is 3.73. The maximum atomic E-state index is 12.4. The molecule has 0 bridgehead atoms. The molecule has 4 N–H and O–H groups in total. The van der Waals surface area contributed by atoms with E-state index in [0.717, 1.165) is 0 Å². The molecule has 1 amide bonds. The highest BCUT2D eigenvalue weighted by atomic mass is 79.9. The van der Waals surface area contributed by atoms with Crippen LogP contribution in [0.25, 0.3) is 0 Å². The molecule has 0 atom stereocenters. The summed E-state index contributed by atoms with van der Waals surface area (Å²) >= 11 is 3.34. The molecule has 0 spiro atoms. The molecule has 21 heavy (non-hydrogen) atoms. The van der Waals surface area contributed by atoms with Gasteiger partial charge >= 0.3 is 0 Å². The number of benzene rings is 1. The monoisotopic (exact) mass is 357 g/mol. The van der Waals surface area contributed by atoms with Crippen LogP contribution in [0.2, 0.25) is 0 Å². The quantitative estimate of drug-likeness (QED) is 0.315. The molecule has 0 aliphatic rings. The number of oxime groups is 1. The first-order valence-electron chi connectivity index (χ1n) is 6.58. The van der Waals surface area contributed by atoms with Crippen molar-refractivity contribution < 1.29 is 14.7 Å². The van der Waals surface area contributed by atoms with E-state index in [-0.39, 0.29) is 11.7 Å². The van der Waals surface area contributed by atoms with Gasteiger partial charge in [-0.1, -0.05) is 19.0 Å². The Labute approximate surface area is 132 Å². The van der Waals surface area contributed by atoms with Gasteiger partial charge in [-0.15, -0.1) is 0 Å². The number of rotatable bonds is 6. The van der Waals surface area contributed by atoms with E-state index in [1.807, 2.05) is 13.8 Å². The summed E-state index contributed by atoms with van der Waals surface area (Å²) in [5.41, 5.74) is 5.33. The summed E-state index contributed by atoms with van der Waals surface area (Å²) in [7, 11) is 1.55. The molecule has 0 unspecified atom stereocenters. The minimum atomic E-state index is -0.863. The Balaban J connectivity index is 3.05. The topological polar surface area (TPSA) is 96.9 Å². The molecule has 0 saturated heterocycles. The summed E-state index contributed by atoms with van der Waals surface area (Å²) in [4.78, 5) is 12.4. The number of nitrogens with one attached hydrogen (secondary N) is 1. The number of amides is 1. The van der Waals surface area contributed by atoms with Crippen molar-refractivity contribution in [2.24, 2.45) is 10.9 Å². The number of halogens is 1. The minimum Gasteiger partial charge on any atom is -0.496 e. The van der Waals surface area contributed by atoms with Crippen LogP contribution in [0.1, 0.15) is 37.0 Å². The van der Waals surface area contributed by atoms with Crippen LogP contribution in [0, 0.1) is 0 Å². The standard InChI is InChI=1S/C14H20BrN3O3/c1-4-14(5-2,13(16)18-20)17-12(19)9-6-7-11(21-3)10(15)8-9/h6-8,20H,4-5H2,1-3H3,(H2,16,18)(H,17,19). The smallest absolute Gasteiger partial charge is 0.252 e. The Morgan fingerprint density at radius 3 is 2.52 bits per heavy atom. The largest absolute Gasteiger partial charge is 0.496 e. The average molecular weight is 358 g/mol. The second-order valence-corrected chi connectivity index (χ2v) is 5.43. The zero-order valence-corrected chi connectivity index (χ0v) is 13.9. The first kappa shape index (κ1) is 17.3. The number of methoxy groups -OCH3 is 1. The van der Waals surface area contributed by atoms with E-state index in [0.29, 0.717) is 28.6 Å². The van der Waals surface area contributed by atoms with Crippen molar-refractivity contribution in [2.75, 3.05) is 7.11 Å². The molecule has 7 heteroatoms. The normalized spacial score (nSPS) is 12.1. The number of carbonyl (C=O) groups excluding carboxylic acids is 1. The summed E-state index contributed by atoms with van der Waals surface area (Å²) < 4.78 is 5.81. The molecule has 6 nitrogen and oxygen atoms in total. The third-order valence-electron chi connectivity index (χ3n) is 3.57.